The molecule has 1 heterocycles. The average molecular weight is 350 g/mol. The Labute approximate surface area is 155 Å². The van der Waals surface area contributed by atoms with Gasteiger partial charge in [-0.2, -0.15) is 0 Å². The number of likely N-dealkylation sites (tertiary alicyclic amines) is 1. The van der Waals surface area contributed by atoms with Gasteiger partial charge in [0.25, 0.3) is 0 Å². The van der Waals surface area contributed by atoms with Crippen LogP contribution in [0.1, 0.15) is 42.9 Å². The van der Waals surface area contributed by atoms with E-state index >= 15 is 0 Å². The number of amides is 3. The van der Waals surface area contributed by atoms with E-state index in [-0.39, 0.29) is 18.0 Å². The predicted molar refractivity (Wildman–Crippen MR) is 103 cm³/mol. The lowest BCUT2D eigenvalue weighted by Gasteiger charge is -2.40. The van der Waals surface area contributed by atoms with Crippen LogP contribution in [0, 0.1) is 0 Å². The molecule has 3 rings (SSSR count). The largest absolute Gasteiger partial charge is 0.327 e. The number of benzene rings is 2. The van der Waals surface area contributed by atoms with E-state index in [0.29, 0.717) is 18.9 Å². The second-order valence-electron chi connectivity index (χ2n) is 7.35. The van der Waals surface area contributed by atoms with Crippen LogP contribution in [0.4, 0.5) is 4.79 Å². The highest BCUT2D eigenvalue weighted by Crippen LogP contribution is 2.25. The van der Waals surface area contributed by atoms with Gasteiger partial charge < -0.3 is 4.90 Å². The molecule has 0 N–H and O–H groups in total. The maximum absolute atomic E-state index is 12.7. The number of imide groups is 1. The zero-order chi connectivity index (χ0) is 18.7. The van der Waals surface area contributed by atoms with Crippen LogP contribution in [-0.4, -0.2) is 34.8 Å². The minimum Gasteiger partial charge on any atom is -0.323 e. The lowest BCUT2D eigenvalue weighted by Crippen LogP contribution is -2.59. The van der Waals surface area contributed by atoms with Gasteiger partial charge in [-0.3, -0.25) is 9.69 Å². The smallest absolute Gasteiger partial charge is 0.323 e. The van der Waals surface area contributed by atoms with Gasteiger partial charge in [-0.15, -0.1) is 0 Å². The normalized spacial score (nSPS) is 16.5. The lowest BCUT2D eigenvalue weighted by molar-refractivity contribution is -0.141. The van der Waals surface area contributed by atoms with Crippen molar-refractivity contribution in [2.75, 3.05) is 7.05 Å². The summed E-state index contributed by atoms with van der Waals surface area (Å²) < 4.78 is 0. The molecule has 0 aliphatic carbocycles. The van der Waals surface area contributed by atoms with Crippen LogP contribution < -0.4 is 0 Å². The zero-order valence-electron chi connectivity index (χ0n) is 15.7. The standard InChI is InChI=1S/C22H26N2O2/c1-16(2)19-11-9-18(10-12-19)15-23(3)22(26)24-20(14-21(24)25)13-17-7-5-4-6-8-17/h4-12,16,20H,13-15H2,1-3H3/t20-/m1/s1. The second-order valence-corrected chi connectivity index (χ2v) is 7.35. The number of urea groups is 1. The topological polar surface area (TPSA) is 40.6 Å². The Kier molecular flexibility index (Phi) is 5.40. The number of rotatable bonds is 5. The van der Waals surface area contributed by atoms with Gasteiger partial charge in [-0.25, -0.2) is 4.79 Å². The van der Waals surface area contributed by atoms with Crippen molar-refractivity contribution in [3.63, 3.8) is 0 Å². The van der Waals surface area contributed by atoms with Gasteiger partial charge in [0.2, 0.25) is 5.91 Å². The molecule has 1 aliphatic rings. The molecule has 1 fully saturated rings. The van der Waals surface area contributed by atoms with Crippen LogP contribution >= 0.6 is 0 Å². The van der Waals surface area contributed by atoms with Gasteiger partial charge in [-0.1, -0.05) is 68.4 Å². The molecular formula is C22H26N2O2. The molecule has 1 atom stereocenters. The van der Waals surface area contributed by atoms with E-state index in [1.54, 1.807) is 11.9 Å². The van der Waals surface area contributed by atoms with Crippen molar-refractivity contribution in [2.45, 2.75) is 45.2 Å². The minimum atomic E-state index is -0.213. The summed E-state index contributed by atoms with van der Waals surface area (Å²) in [5, 5.41) is 0. The third-order valence-corrected chi connectivity index (χ3v) is 4.96. The Morgan fingerprint density at radius 3 is 2.31 bits per heavy atom. The van der Waals surface area contributed by atoms with E-state index in [9.17, 15) is 9.59 Å². The average Bonchev–Trinajstić information content (AvgIpc) is 2.62. The molecule has 1 aliphatic heterocycles. The van der Waals surface area contributed by atoms with Crippen LogP contribution in [-0.2, 0) is 17.8 Å². The molecular weight excluding hydrogens is 324 g/mol. The first-order valence-corrected chi connectivity index (χ1v) is 9.15. The van der Waals surface area contributed by atoms with E-state index in [1.165, 1.54) is 10.5 Å². The predicted octanol–water partition coefficient (Wildman–Crippen LogP) is 4.21. The Hall–Kier alpha value is -2.62. The van der Waals surface area contributed by atoms with Gasteiger partial charge in [0.1, 0.15) is 0 Å². The van der Waals surface area contributed by atoms with Crippen molar-refractivity contribution in [1.82, 2.24) is 9.80 Å². The SMILES string of the molecule is CC(C)c1ccc(CN(C)C(=O)N2C(=O)C[C@H]2Cc2ccccc2)cc1. The molecule has 0 radical (unpaired) electrons. The summed E-state index contributed by atoms with van der Waals surface area (Å²) in [6, 6.07) is 18.1. The highest BCUT2D eigenvalue weighted by molar-refractivity contribution is 5.99. The molecule has 26 heavy (non-hydrogen) atoms. The summed E-state index contributed by atoms with van der Waals surface area (Å²) in [7, 11) is 1.75. The second kappa shape index (κ2) is 7.73. The Morgan fingerprint density at radius 2 is 1.73 bits per heavy atom. The van der Waals surface area contributed by atoms with Gasteiger partial charge in [0.05, 0.1) is 6.04 Å². The third kappa shape index (κ3) is 3.96. The van der Waals surface area contributed by atoms with Crippen molar-refractivity contribution < 1.29 is 9.59 Å². The quantitative estimate of drug-likeness (QED) is 0.758. The van der Waals surface area contributed by atoms with Gasteiger partial charge in [0.15, 0.2) is 0 Å². The molecule has 2 aromatic carbocycles. The van der Waals surface area contributed by atoms with Crippen molar-refractivity contribution in [1.29, 1.82) is 0 Å². The van der Waals surface area contributed by atoms with E-state index in [0.717, 1.165) is 17.5 Å². The van der Waals surface area contributed by atoms with Gasteiger partial charge in [0, 0.05) is 20.0 Å². The number of hydrogen-bond acceptors (Lipinski definition) is 2. The Balaban J connectivity index is 1.62. The van der Waals surface area contributed by atoms with Crippen molar-refractivity contribution >= 4 is 11.9 Å². The fraction of sp³-hybridized carbons (Fsp3) is 0.364. The van der Waals surface area contributed by atoms with Crippen LogP contribution in [0.25, 0.3) is 0 Å². The van der Waals surface area contributed by atoms with Crippen molar-refractivity contribution in [3.8, 4) is 0 Å². The number of carbonyl (C=O) groups excluding carboxylic acids is 2. The number of carbonyl (C=O) groups is 2. The summed E-state index contributed by atoms with van der Waals surface area (Å²) in [5.74, 6) is 0.402. The van der Waals surface area contributed by atoms with Crippen LogP contribution in [0.15, 0.2) is 54.6 Å². The maximum Gasteiger partial charge on any atom is 0.327 e. The summed E-state index contributed by atoms with van der Waals surface area (Å²) in [6.45, 7) is 4.82. The van der Waals surface area contributed by atoms with E-state index < -0.39 is 0 Å². The first-order chi connectivity index (χ1) is 12.5. The van der Waals surface area contributed by atoms with E-state index in [1.807, 2.05) is 30.3 Å². The molecule has 4 nitrogen and oxygen atoms in total. The molecule has 1 saturated heterocycles. The highest BCUT2D eigenvalue weighted by atomic mass is 16.2. The highest BCUT2D eigenvalue weighted by Gasteiger charge is 2.41. The monoisotopic (exact) mass is 350 g/mol. The molecule has 136 valence electrons. The number of β-lactam (4-membered cyclic amide) rings is 1. The molecule has 0 bridgehead atoms. The fourth-order valence-electron chi connectivity index (χ4n) is 3.33. The Morgan fingerprint density at radius 1 is 1.08 bits per heavy atom. The summed E-state index contributed by atoms with van der Waals surface area (Å²) in [6.07, 6.45) is 1.16. The van der Waals surface area contributed by atoms with Crippen LogP contribution in [0.3, 0.4) is 0 Å². The molecule has 4 heteroatoms. The molecule has 0 spiro atoms. The Bertz CT molecular complexity index is 768. The van der Waals surface area contributed by atoms with Crippen molar-refractivity contribution in [3.05, 3.63) is 71.3 Å². The molecule has 2 aromatic rings. The fourth-order valence-corrected chi connectivity index (χ4v) is 3.33. The first-order valence-electron chi connectivity index (χ1n) is 9.15. The molecule has 3 amide bonds. The zero-order valence-corrected chi connectivity index (χ0v) is 15.7. The van der Waals surface area contributed by atoms with Gasteiger partial charge in [-0.05, 0) is 29.0 Å². The molecule has 0 unspecified atom stereocenters. The molecule has 0 aromatic heterocycles. The van der Waals surface area contributed by atoms with E-state index in [2.05, 4.69) is 38.1 Å². The lowest BCUT2D eigenvalue weighted by atomic mass is 9.95. The van der Waals surface area contributed by atoms with E-state index in [4.69, 9.17) is 0 Å². The summed E-state index contributed by atoms with van der Waals surface area (Å²) >= 11 is 0. The number of hydrogen-bond donors (Lipinski definition) is 0. The van der Waals surface area contributed by atoms with Gasteiger partial charge >= 0.3 is 6.03 Å². The number of nitrogens with zero attached hydrogens (tertiary/aromatic N) is 2. The summed E-state index contributed by atoms with van der Waals surface area (Å²) in [4.78, 5) is 27.8. The summed E-state index contributed by atoms with van der Waals surface area (Å²) in [5.41, 5.74) is 3.50. The maximum atomic E-state index is 12.7. The van der Waals surface area contributed by atoms with Crippen LogP contribution in [0.5, 0.6) is 0 Å². The third-order valence-electron chi connectivity index (χ3n) is 4.96. The minimum absolute atomic E-state index is 0.0387. The molecule has 0 saturated carbocycles. The first kappa shape index (κ1) is 18.2. The van der Waals surface area contributed by atoms with Crippen molar-refractivity contribution in [2.24, 2.45) is 0 Å². The van der Waals surface area contributed by atoms with Crippen LogP contribution in [0.2, 0.25) is 0 Å².